The van der Waals surface area contributed by atoms with Crippen LogP contribution in [-0.2, 0) is 6.54 Å². The van der Waals surface area contributed by atoms with E-state index in [4.69, 9.17) is 0 Å². The zero-order valence-electron chi connectivity index (χ0n) is 10.9. The van der Waals surface area contributed by atoms with E-state index in [1.54, 1.807) is 6.20 Å². The Balaban J connectivity index is 2.02. The molecule has 2 rings (SSSR count). The van der Waals surface area contributed by atoms with Gasteiger partial charge in [0.05, 0.1) is 6.33 Å². The van der Waals surface area contributed by atoms with Crippen LogP contribution in [0.1, 0.15) is 12.7 Å². The highest BCUT2D eigenvalue weighted by molar-refractivity contribution is 5.47. The molecular formula is C12H18N6. The number of anilines is 2. The first-order valence-corrected chi connectivity index (χ1v) is 5.93. The molecule has 2 aromatic rings. The highest BCUT2D eigenvalue weighted by atomic mass is 15.1. The maximum absolute atomic E-state index is 4.36. The molecule has 0 aromatic carbocycles. The monoisotopic (exact) mass is 246 g/mol. The molecule has 0 bridgehead atoms. The van der Waals surface area contributed by atoms with Crippen LogP contribution in [0.5, 0.6) is 0 Å². The fourth-order valence-electron chi connectivity index (χ4n) is 1.78. The van der Waals surface area contributed by atoms with Gasteiger partial charge in [-0.2, -0.15) is 0 Å². The fraction of sp³-hybridized carbons (Fsp3) is 0.417. The zero-order valence-corrected chi connectivity index (χ0v) is 10.9. The number of nitrogens with one attached hydrogen (secondary N) is 2. The Hall–Kier alpha value is -2.11. The van der Waals surface area contributed by atoms with Crippen molar-refractivity contribution in [1.29, 1.82) is 0 Å². The second-order valence-electron chi connectivity index (χ2n) is 4.24. The number of hydrogen-bond donors (Lipinski definition) is 2. The average Bonchev–Trinajstić information content (AvgIpc) is 2.80. The van der Waals surface area contributed by atoms with Gasteiger partial charge in [-0.15, -0.1) is 0 Å². The molecule has 0 amide bonds. The highest BCUT2D eigenvalue weighted by Gasteiger charge is 2.06. The van der Waals surface area contributed by atoms with Crippen LogP contribution in [0.3, 0.4) is 0 Å². The topological polar surface area (TPSA) is 67.7 Å². The molecule has 0 radical (unpaired) electrons. The molecule has 2 N–H and O–H groups in total. The van der Waals surface area contributed by atoms with Gasteiger partial charge in [0.2, 0.25) is 0 Å². The number of nitrogens with zero attached hydrogens (tertiary/aromatic N) is 4. The van der Waals surface area contributed by atoms with Gasteiger partial charge in [-0.25, -0.2) is 15.0 Å². The molecule has 96 valence electrons. The van der Waals surface area contributed by atoms with Gasteiger partial charge in [0.1, 0.15) is 17.5 Å². The minimum absolute atomic E-state index is 0.262. The lowest BCUT2D eigenvalue weighted by atomic mass is 10.3. The molecule has 0 aliphatic heterocycles. The lowest BCUT2D eigenvalue weighted by molar-refractivity contribution is 0.616. The molecule has 6 nitrogen and oxygen atoms in total. The summed E-state index contributed by atoms with van der Waals surface area (Å²) in [6.07, 6.45) is 5.53. The second-order valence-corrected chi connectivity index (χ2v) is 4.24. The third kappa shape index (κ3) is 3.19. The van der Waals surface area contributed by atoms with E-state index in [1.165, 1.54) is 0 Å². The van der Waals surface area contributed by atoms with E-state index in [1.807, 2.05) is 37.1 Å². The van der Waals surface area contributed by atoms with Gasteiger partial charge in [0, 0.05) is 38.1 Å². The standard InChI is InChI=1S/C12H18N6/c1-9(7-18-5-4-14-8-18)15-12-6-11(13-3)16-10(2)17-12/h4-6,8-9H,7H2,1-3H3,(H2,13,15,16,17). The molecule has 6 heteroatoms. The number of aromatic nitrogens is 4. The van der Waals surface area contributed by atoms with Gasteiger partial charge in [0.15, 0.2) is 0 Å². The molecule has 1 atom stereocenters. The fourth-order valence-corrected chi connectivity index (χ4v) is 1.78. The quantitative estimate of drug-likeness (QED) is 0.837. The number of aryl methyl sites for hydroxylation is 1. The van der Waals surface area contributed by atoms with Crippen LogP contribution in [0.25, 0.3) is 0 Å². The van der Waals surface area contributed by atoms with Crippen LogP contribution < -0.4 is 10.6 Å². The molecule has 1 unspecified atom stereocenters. The first kappa shape index (κ1) is 12.3. The molecule has 0 fully saturated rings. The minimum Gasteiger partial charge on any atom is -0.373 e. The van der Waals surface area contributed by atoms with E-state index in [0.29, 0.717) is 0 Å². The summed E-state index contributed by atoms with van der Waals surface area (Å²) in [5.74, 6) is 2.40. The summed E-state index contributed by atoms with van der Waals surface area (Å²) in [4.78, 5) is 12.6. The predicted octanol–water partition coefficient (Wildman–Crippen LogP) is 1.52. The van der Waals surface area contributed by atoms with Crippen LogP contribution in [0.4, 0.5) is 11.6 Å². The first-order valence-electron chi connectivity index (χ1n) is 5.93. The Morgan fingerprint density at radius 1 is 1.33 bits per heavy atom. The minimum atomic E-state index is 0.262. The van der Waals surface area contributed by atoms with Crippen molar-refractivity contribution >= 4 is 11.6 Å². The summed E-state index contributed by atoms with van der Waals surface area (Å²) < 4.78 is 2.03. The Labute approximate surface area is 106 Å². The molecule has 0 saturated heterocycles. The van der Waals surface area contributed by atoms with Crippen LogP contribution in [0.15, 0.2) is 24.8 Å². The molecule has 0 spiro atoms. The average molecular weight is 246 g/mol. The summed E-state index contributed by atoms with van der Waals surface area (Å²) >= 11 is 0. The highest BCUT2D eigenvalue weighted by Crippen LogP contribution is 2.11. The smallest absolute Gasteiger partial charge is 0.132 e. The lowest BCUT2D eigenvalue weighted by Gasteiger charge is -2.15. The lowest BCUT2D eigenvalue weighted by Crippen LogP contribution is -2.22. The molecule has 2 heterocycles. The molecule has 0 saturated carbocycles. The normalized spacial score (nSPS) is 12.2. The van der Waals surface area contributed by atoms with Crippen molar-refractivity contribution in [1.82, 2.24) is 19.5 Å². The Morgan fingerprint density at radius 3 is 2.78 bits per heavy atom. The van der Waals surface area contributed by atoms with Crippen molar-refractivity contribution in [3.05, 3.63) is 30.6 Å². The molecule has 18 heavy (non-hydrogen) atoms. The van der Waals surface area contributed by atoms with Gasteiger partial charge >= 0.3 is 0 Å². The summed E-state index contributed by atoms with van der Waals surface area (Å²) in [7, 11) is 1.85. The van der Waals surface area contributed by atoms with Crippen LogP contribution in [0.2, 0.25) is 0 Å². The van der Waals surface area contributed by atoms with Gasteiger partial charge in [-0.05, 0) is 13.8 Å². The van der Waals surface area contributed by atoms with E-state index < -0.39 is 0 Å². The van der Waals surface area contributed by atoms with Crippen LogP contribution >= 0.6 is 0 Å². The third-order valence-electron chi connectivity index (χ3n) is 2.53. The maximum atomic E-state index is 4.36. The van der Waals surface area contributed by atoms with Crippen molar-refractivity contribution in [3.63, 3.8) is 0 Å². The van der Waals surface area contributed by atoms with Crippen molar-refractivity contribution in [2.24, 2.45) is 0 Å². The zero-order chi connectivity index (χ0) is 13.0. The Morgan fingerprint density at radius 2 is 2.11 bits per heavy atom. The first-order chi connectivity index (χ1) is 8.67. The van der Waals surface area contributed by atoms with E-state index in [-0.39, 0.29) is 6.04 Å². The number of rotatable bonds is 5. The van der Waals surface area contributed by atoms with Crippen LogP contribution in [0, 0.1) is 6.92 Å². The largest absolute Gasteiger partial charge is 0.373 e. The molecule has 2 aromatic heterocycles. The summed E-state index contributed by atoms with van der Waals surface area (Å²) in [6.45, 7) is 4.83. The van der Waals surface area contributed by atoms with Crippen LogP contribution in [-0.4, -0.2) is 32.6 Å². The van der Waals surface area contributed by atoms with Gasteiger partial charge in [-0.1, -0.05) is 0 Å². The Kier molecular flexibility index (Phi) is 3.76. The van der Waals surface area contributed by atoms with Gasteiger partial charge in [-0.3, -0.25) is 0 Å². The summed E-state index contributed by atoms with van der Waals surface area (Å²) in [5.41, 5.74) is 0. The second kappa shape index (κ2) is 5.48. The van der Waals surface area contributed by atoms with Crippen molar-refractivity contribution < 1.29 is 0 Å². The molecular weight excluding hydrogens is 228 g/mol. The SMILES string of the molecule is CNc1cc(NC(C)Cn2ccnc2)nc(C)n1. The molecule has 0 aliphatic rings. The van der Waals surface area contributed by atoms with Crippen molar-refractivity contribution in [3.8, 4) is 0 Å². The van der Waals surface area contributed by atoms with E-state index >= 15 is 0 Å². The third-order valence-corrected chi connectivity index (χ3v) is 2.53. The predicted molar refractivity (Wildman–Crippen MR) is 71.6 cm³/mol. The van der Waals surface area contributed by atoms with Gasteiger partial charge < -0.3 is 15.2 Å². The van der Waals surface area contributed by atoms with Crippen molar-refractivity contribution in [2.75, 3.05) is 17.7 Å². The van der Waals surface area contributed by atoms with Gasteiger partial charge in [0.25, 0.3) is 0 Å². The summed E-state index contributed by atoms with van der Waals surface area (Å²) in [6, 6.07) is 2.16. The maximum Gasteiger partial charge on any atom is 0.132 e. The summed E-state index contributed by atoms with van der Waals surface area (Å²) in [5, 5.41) is 6.38. The number of hydrogen-bond acceptors (Lipinski definition) is 5. The Bertz CT molecular complexity index is 493. The molecule has 0 aliphatic carbocycles. The van der Waals surface area contributed by atoms with E-state index in [0.717, 1.165) is 24.0 Å². The number of imidazole rings is 1. The van der Waals surface area contributed by atoms with E-state index in [2.05, 4.69) is 32.5 Å². The van der Waals surface area contributed by atoms with E-state index in [9.17, 15) is 0 Å². The van der Waals surface area contributed by atoms with Crippen molar-refractivity contribution in [2.45, 2.75) is 26.4 Å².